The molecule has 0 saturated heterocycles. The minimum atomic E-state index is -3.17. The van der Waals surface area contributed by atoms with Crippen LogP contribution in [0.5, 0.6) is 0 Å². The van der Waals surface area contributed by atoms with Gasteiger partial charge < -0.3 is 4.90 Å². The van der Waals surface area contributed by atoms with Gasteiger partial charge in [0.25, 0.3) is 0 Å². The SMILES string of the molecule is CS(=O)(=O)c1ccc(N2CN=Cc3cc(Br)ccc32)cc1. The summed E-state index contributed by atoms with van der Waals surface area (Å²) in [5.41, 5.74) is 3.01. The van der Waals surface area contributed by atoms with Crippen LogP contribution in [0.2, 0.25) is 0 Å². The van der Waals surface area contributed by atoms with Gasteiger partial charge in [0, 0.05) is 28.2 Å². The average molecular weight is 365 g/mol. The quantitative estimate of drug-likeness (QED) is 0.820. The van der Waals surface area contributed by atoms with E-state index in [0.717, 1.165) is 21.4 Å². The Morgan fingerprint density at radius 3 is 2.52 bits per heavy atom. The van der Waals surface area contributed by atoms with Crippen molar-refractivity contribution in [1.29, 1.82) is 0 Å². The van der Waals surface area contributed by atoms with Gasteiger partial charge in [0.2, 0.25) is 0 Å². The van der Waals surface area contributed by atoms with E-state index >= 15 is 0 Å². The van der Waals surface area contributed by atoms with Gasteiger partial charge in [-0.2, -0.15) is 0 Å². The molecule has 6 heteroatoms. The minimum Gasteiger partial charge on any atom is -0.321 e. The number of benzene rings is 2. The fourth-order valence-electron chi connectivity index (χ4n) is 2.27. The van der Waals surface area contributed by atoms with Gasteiger partial charge in [-0.15, -0.1) is 0 Å². The van der Waals surface area contributed by atoms with Gasteiger partial charge >= 0.3 is 0 Å². The monoisotopic (exact) mass is 364 g/mol. The summed E-state index contributed by atoms with van der Waals surface area (Å²) in [7, 11) is -3.17. The van der Waals surface area contributed by atoms with Crippen molar-refractivity contribution in [3.05, 3.63) is 52.5 Å². The highest BCUT2D eigenvalue weighted by molar-refractivity contribution is 9.10. The summed E-state index contributed by atoms with van der Waals surface area (Å²) in [6.45, 7) is 0.521. The number of aliphatic imine (C=N–C) groups is 1. The molecular weight excluding hydrogens is 352 g/mol. The van der Waals surface area contributed by atoms with Crippen LogP contribution in [0.4, 0.5) is 11.4 Å². The number of fused-ring (bicyclic) bond motifs is 1. The summed E-state index contributed by atoms with van der Waals surface area (Å²) in [5, 5.41) is 0. The number of rotatable bonds is 2. The van der Waals surface area contributed by atoms with Crippen LogP contribution < -0.4 is 4.90 Å². The fraction of sp³-hybridized carbons (Fsp3) is 0.133. The molecule has 0 N–H and O–H groups in total. The average Bonchev–Trinajstić information content (AvgIpc) is 2.45. The third-order valence-corrected chi connectivity index (χ3v) is 4.93. The molecule has 0 saturated carbocycles. The minimum absolute atomic E-state index is 0.322. The molecule has 0 radical (unpaired) electrons. The highest BCUT2D eigenvalue weighted by Crippen LogP contribution is 2.32. The normalized spacial score (nSPS) is 14.1. The molecule has 0 aliphatic carbocycles. The van der Waals surface area contributed by atoms with Gasteiger partial charge in [-0.1, -0.05) is 15.9 Å². The molecule has 2 aromatic rings. The van der Waals surface area contributed by atoms with E-state index in [1.54, 1.807) is 12.1 Å². The molecule has 0 amide bonds. The van der Waals surface area contributed by atoms with Crippen LogP contribution in [0.3, 0.4) is 0 Å². The first kappa shape index (κ1) is 14.3. The number of anilines is 2. The van der Waals surface area contributed by atoms with Crippen LogP contribution in [-0.4, -0.2) is 27.6 Å². The summed E-state index contributed by atoms with van der Waals surface area (Å²) >= 11 is 3.45. The van der Waals surface area contributed by atoms with Crippen LogP contribution in [0.25, 0.3) is 0 Å². The van der Waals surface area contributed by atoms with Crippen molar-refractivity contribution in [2.24, 2.45) is 4.99 Å². The van der Waals surface area contributed by atoms with E-state index < -0.39 is 9.84 Å². The van der Waals surface area contributed by atoms with Gasteiger partial charge in [-0.05, 0) is 42.5 Å². The van der Waals surface area contributed by atoms with Gasteiger partial charge in [0.05, 0.1) is 10.6 Å². The number of halogens is 1. The summed E-state index contributed by atoms with van der Waals surface area (Å²) in [6.07, 6.45) is 3.06. The van der Waals surface area contributed by atoms with Crippen molar-refractivity contribution in [3.8, 4) is 0 Å². The largest absolute Gasteiger partial charge is 0.321 e. The van der Waals surface area contributed by atoms with Crippen molar-refractivity contribution >= 4 is 43.4 Å². The first-order valence-electron chi connectivity index (χ1n) is 6.32. The summed E-state index contributed by atoms with van der Waals surface area (Å²) in [5.74, 6) is 0. The lowest BCUT2D eigenvalue weighted by Crippen LogP contribution is -2.21. The van der Waals surface area contributed by atoms with E-state index in [9.17, 15) is 8.42 Å². The third kappa shape index (κ3) is 2.87. The first-order chi connectivity index (χ1) is 9.95. The molecule has 1 heterocycles. The molecule has 0 aromatic heterocycles. The van der Waals surface area contributed by atoms with E-state index in [2.05, 4.69) is 20.9 Å². The molecule has 0 atom stereocenters. The third-order valence-electron chi connectivity index (χ3n) is 3.31. The van der Waals surface area contributed by atoms with Crippen molar-refractivity contribution in [3.63, 3.8) is 0 Å². The lowest BCUT2D eigenvalue weighted by atomic mass is 10.1. The van der Waals surface area contributed by atoms with Crippen molar-refractivity contribution in [1.82, 2.24) is 0 Å². The Morgan fingerprint density at radius 1 is 1.14 bits per heavy atom. The second-order valence-electron chi connectivity index (χ2n) is 4.85. The molecule has 0 spiro atoms. The topological polar surface area (TPSA) is 49.7 Å². The molecule has 1 aliphatic rings. The standard InChI is InChI=1S/C15H13BrN2O2S/c1-21(19,20)14-5-3-13(4-6-14)18-10-17-9-11-8-12(16)2-7-15(11)18/h2-9H,10H2,1H3. The van der Waals surface area contributed by atoms with Crippen molar-refractivity contribution in [2.45, 2.75) is 4.90 Å². The maximum atomic E-state index is 11.5. The fourth-order valence-corrected chi connectivity index (χ4v) is 3.27. The first-order valence-corrected chi connectivity index (χ1v) is 9.01. The molecule has 4 nitrogen and oxygen atoms in total. The predicted octanol–water partition coefficient (Wildman–Crippen LogP) is 3.38. The Morgan fingerprint density at radius 2 is 1.86 bits per heavy atom. The van der Waals surface area contributed by atoms with E-state index in [0.29, 0.717) is 11.6 Å². The summed E-state index contributed by atoms with van der Waals surface area (Å²) in [6, 6.07) is 12.9. The number of nitrogens with zero attached hydrogens (tertiary/aromatic N) is 2. The zero-order valence-corrected chi connectivity index (χ0v) is 13.7. The Kier molecular flexibility index (Phi) is 3.59. The second kappa shape index (κ2) is 5.27. The van der Waals surface area contributed by atoms with Crippen LogP contribution in [0, 0.1) is 0 Å². The van der Waals surface area contributed by atoms with Crippen LogP contribution in [0.1, 0.15) is 5.56 Å². The molecule has 21 heavy (non-hydrogen) atoms. The van der Waals surface area contributed by atoms with E-state index in [1.807, 2.05) is 41.4 Å². The van der Waals surface area contributed by atoms with Crippen molar-refractivity contribution in [2.75, 3.05) is 17.8 Å². The second-order valence-corrected chi connectivity index (χ2v) is 7.78. The number of hydrogen-bond acceptors (Lipinski definition) is 4. The van der Waals surface area contributed by atoms with Gasteiger partial charge in [0.15, 0.2) is 9.84 Å². The Bertz CT molecular complexity index is 814. The van der Waals surface area contributed by atoms with Crippen LogP contribution >= 0.6 is 15.9 Å². The highest BCUT2D eigenvalue weighted by Gasteiger charge is 2.16. The van der Waals surface area contributed by atoms with Crippen LogP contribution in [-0.2, 0) is 9.84 Å². The van der Waals surface area contributed by atoms with Crippen molar-refractivity contribution < 1.29 is 8.42 Å². The van der Waals surface area contributed by atoms with E-state index in [1.165, 1.54) is 6.26 Å². The van der Waals surface area contributed by atoms with E-state index in [4.69, 9.17) is 0 Å². The van der Waals surface area contributed by atoms with Gasteiger partial charge in [-0.3, -0.25) is 4.99 Å². The zero-order chi connectivity index (χ0) is 15.0. The molecular formula is C15H13BrN2O2S. The van der Waals surface area contributed by atoms with Gasteiger partial charge in [-0.25, -0.2) is 8.42 Å². The molecule has 0 fully saturated rings. The Balaban J connectivity index is 2.01. The zero-order valence-electron chi connectivity index (χ0n) is 11.3. The molecule has 108 valence electrons. The maximum Gasteiger partial charge on any atom is 0.175 e. The lowest BCUT2D eigenvalue weighted by Gasteiger charge is -2.27. The van der Waals surface area contributed by atoms with Crippen LogP contribution in [0.15, 0.2) is 56.8 Å². The Hall–Kier alpha value is -1.66. The molecule has 0 unspecified atom stereocenters. The Labute approximate surface area is 132 Å². The maximum absolute atomic E-state index is 11.5. The molecule has 0 bridgehead atoms. The lowest BCUT2D eigenvalue weighted by molar-refractivity contribution is 0.602. The number of sulfone groups is 1. The summed E-state index contributed by atoms with van der Waals surface area (Å²) in [4.78, 5) is 6.72. The molecule has 3 rings (SSSR count). The highest BCUT2D eigenvalue weighted by atomic mass is 79.9. The number of hydrogen-bond donors (Lipinski definition) is 0. The van der Waals surface area contributed by atoms with E-state index in [-0.39, 0.29) is 0 Å². The molecule has 2 aromatic carbocycles. The molecule has 1 aliphatic heterocycles. The smallest absolute Gasteiger partial charge is 0.175 e. The van der Waals surface area contributed by atoms with Gasteiger partial charge in [0.1, 0.15) is 6.67 Å². The summed E-state index contributed by atoms with van der Waals surface area (Å²) < 4.78 is 24.0. The predicted molar refractivity (Wildman–Crippen MR) is 88.3 cm³/mol.